The van der Waals surface area contributed by atoms with Gasteiger partial charge in [-0.2, -0.15) is 0 Å². The second kappa shape index (κ2) is 8.11. The molecule has 1 aliphatic rings. The molecule has 0 N–H and O–H groups in total. The summed E-state index contributed by atoms with van der Waals surface area (Å²) in [7, 11) is 0. The quantitative estimate of drug-likeness (QED) is 0.519. The van der Waals surface area contributed by atoms with Crippen LogP contribution in [0.4, 0.5) is 0 Å². The van der Waals surface area contributed by atoms with Gasteiger partial charge in [0.2, 0.25) is 5.78 Å². The highest BCUT2D eigenvalue weighted by molar-refractivity contribution is 6.14. The number of hydrogen-bond donors (Lipinski definition) is 0. The number of esters is 1. The largest absolute Gasteiger partial charge is 0.482 e. The summed E-state index contributed by atoms with van der Waals surface area (Å²) in [6, 6.07) is 12.9. The molecule has 0 bridgehead atoms. The number of rotatable bonds is 5. The standard InChI is InChI=1S/C24H26O5/c1-15(2)17-8-6-16(7-9-17)12-21-23(26)19-11-10-18(13-20(19)28-21)27-14-22(25)29-24(3,4)5/h6-13,15H,14H2,1-5H3/b21-12-. The van der Waals surface area contributed by atoms with Gasteiger partial charge in [-0.05, 0) is 56.0 Å². The topological polar surface area (TPSA) is 61.8 Å². The first-order valence-corrected chi connectivity index (χ1v) is 9.65. The van der Waals surface area contributed by atoms with Crippen LogP contribution in [0.3, 0.4) is 0 Å². The predicted octanol–water partition coefficient (Wildman–Crippen LogP) is 5.15. The summed E-state index contributed by atoms with van der Waals surface area (Å²) in [5, 5.41) is 0. The second-order valence-corrected chi connectivity index (χ2v) is 8.29. The maximum absolute atomic E-state index is 12.6. The number of ketones is 1. The number of ether oxygens (including phenoxy) is 3. The zero-order valence-electron chi connectivity index (χ0n) is 17.4. The van der Waals surface area contributed by atoms with Crippen LogP contribution in [0, 0.1) is 0 Å². The van der Waals surface area contributed by atoms with Crippen LogP contribution < -0.4 is 9.47 Å². The van der Waals surface area contributed by atoms with Crippen LogP contribution in [0.1, 0.15) is 62.0 Å². The van der Waals surface area contributed by atoms with Gasteiger partial charge in [0, 0.05) is 6.07 Å². The van der Waals surface area contributed by atoms with Gasteiger partial charge in [-0.1, -0.05) is 38.1 Å². The van der Waals surface area contributed by atoms with Crippen LogP contribution in [0.15, 0.2) is 48.2 Å². The van der Waals surface area contributed by atoms with Crippen molar-refractivity contribution in [3.8, 4) is 11.5 Å². The first kappa shape index (κ1) is 20.6. The third-order valence-corrected chi connectivity index (χ3v) is 4.32. The van der Waals surface area contributed by atoms with Crippen LogP contribution in [0.2, 0.25) is 0 Å². The number of benzene rings is 2. The van der Waals surface area contributed by atoms with Gasteiger partial charge in [0.05, 0.1) is 5.56 Å². The van der Waals surface area contributed by atoms with Gasteiger partial charge in [-0.3, -0.25) is 4.79 Å². The monoisotopic (exact) mass is 394 g/mol. The third-order valence-electron chi connectivity index (χ3n) is 4.32. The molecule has 2 aromatic rings. The lowest BCUT2D eigenvalue weighted by atomic mass is 10.0. The molecule has 0 aliphatic carbocycles. The molecule has 0 fully saturated rings. The van der Waals surface area contributed by atoms with Crippen LogP contribution in [-0.4, -0.2) is 24.0 Å². The molecule has 5 nitrogen and oxygen atoms in total. The summed E-state index contributed by atoms with van der Waals surface area (Å²) in [4.78, 5) is 24.4. The molecule has 0 spiro atoms. The number of carbonyl (C=O) groups excluding carboxylic acids is 2. The Hall–Kier alpha value is -3.08. The van der Waals surface area contributed by atoms with E-state index in [-0.39, 0.29) is 18.1 Å². The van der Waals surface area contributed by atoms with Crippen LogP contribution >= 0.6 is 0 Å². The first-order chi connectivity index (χ1) is 13.6. The number of fused-ring (bicyclic) bond motifs is 1. The average molecular weight is 394 g/mol. The van der Waals surface area contributed by atoms with Crippen molar-refractivity contribution in [1.82, 2.24) is 0 Å². The van der Waals surface area contributed by atoms with Crippen LogP contribution in [0.25, 0.3) is 6.08 Å². The maximum Gasteiger partial charge on any atom is 0.344 e. The second-order valence-electron chi connectivity index (χ2n) is 8.29. The smallest absolute Gasteiger partial charge is 0.344 e. The van der Waals surface area contributed by atoms with E-state index >= 15 is 0 Å². The number of allylic oxidation sites excluding steroid dienone is 1. The summed E-state index contributed by atoms with van der Waals surface area (Å²) in [5.74, 6) is 0.935. The molecule has 5 heteroatoms. The highest BCUT2D eigenvalue weighted by Gasteiger charge is 2.28. The molecule has 0 atom stereocenters. The van der Waals surface area contributed by atoms with E-state index in [1.165, 1.54) is 5.56 Å². The lowest BCUT2D eigenvalue weighted by molar-refractivity contribution is -0.157. The Morgan fingerprint density at radius 3 is 2.41 bits per heavy atom. The van der Waals surface area contributed by atoms with Crippen LogP contribution in [0.5, 0.6) is 11.5 Å². The molecule has 0 radical (unpaired) electrons. The van der Waals surface area contributed by atoms with E-state index in [0.29, 0.717) is 23.0 Å². The molecule has 2 aromatic carbocycles. The van der Waals surface area contributed by atoms with Crippen molar-refractivity contribution in [2.75, 3.05) is 6.61 Å². The van der Waals surface area contributed by atoms with Crippen molar-refractivity contribution in [2.24, 2.45) is 0 Å². The lowest BCUT2D eigenvalue weighted by Crippen LogP contribution is -2.27. The summed E-state index contributed by atoms with van der Waals surface area (Å²) in [5.41, 5.74) is 2.04. The Morgan fingerprint density at radius 1 is 1.10 bits per heavy atom. The fourth-order valence-corrected chi connectivity index (χ4v) is 2.90. The van der Waals surface area contributed by atoms with Gasteiger partial charge in [0.15, 0.2) is 12.4 Å². The molecule has 29 heavy (non-hydrogen) atoms. The van der Waals surface area contributed by atoms with E-state index < -0.39 is 11.6 Å². The van der Waals surface area contributed by atoms with Gasteiger partial charge in [0.1, 0.15) is 17.1 Å². The minimum Gasteiger partial charge on any atom is -0.482 e. The molecule has 0 amide bonds. The Kier molecular flexibility index (Phi) is 5.78. The van der Waals surface area contributed by atoms with Crippen molar-refractivity contribution < 1.29 is 23.8 Å². The fourth-order valence-electron chi connectivity index (χ4n) is 2.90. The molecule has 0 aromatic heterocycles. The van der Waals surface area contributed by atoms with Gasteiger partial charge >= 0.3 is 5.97 Å². The Bertz CT molecular complexity index is 946. The number of hydrogen-bond acceptors (Lipinski definition) is 5. The maximum atomic E-state index is 12.6. The highest BCUT2D eigenvalue weighted by atomic mass is 16.6. The van der Waals surface area contributed by atoms with E-state index in [2.05, 4.69) is 13.8 Å². The van der Waals surface area contributed by atoms with Crippen molar-refractivity contribution in [3.63, 3.8) is 0 Å². The highest BCUT2D eigenvalue weighted by Crippen LogP contribution is 2.35. The summed E-state index contributed by atoms with van der Waals surface area (Å²) < 4.78 is 16.4. The minimum atomic E-state index is -0.568. The lowest BCUT2D eigenvalue weighted by Gasteiger charge is -2.19. The molecule has 152 valence electrons. The number of Topliss-reactive ketones (excluding diaryl/α,β-unsaturated/α-hetero) is 1. The van der Waals surface area contributed by atoms with Crippen molar-refractivity contribution in [3.05, 3.63) is 64.9 Å². The fraction of sp³-hybridized carbons (Fsp3) is 0.333. The van der Waals surface area contributed by atoms with E-state index in [0.717, 1.165) is 5.56 Å². The zero-order chi connectivity index (χ0) is 21.2. The van der Waals surface area contributed by atoms with Crippen molar-refractivity contribution >= 4 is 17.8 Å². The van der Waals surface area contributed by atoms with E-state index in [1.807, 2.05) is 24.3 Å². The Labute approximate surface area is 171 Å². The van der Waals surface area contributed by atoms with E-state index in [1.54, 1.807) is 45.0 Å². The summed E-state index contributed by atoms with van der Waals surface area (Å²) >= 11 is 0. The normalized spacial score (nSPS) is 14.7. The van der Waals surface area contributed by atoms with Gasteiger partial charge < -0.3 is 14.2 Å². The van der Waals surface area contributed by atoms with Gasteiger partial charge in [0.25, 0.3) is 0 Å². The average Bonchev–Trinajstić information content (AvgIpc) is 2.94. The molecule has 1 aliphatic heterocycles. The molecule has 3 rings (SSSR count). The van der Waals surface area contributed by atoms with E-state index in [9.17, 15) is 9.59 Å². The molecular weight excluding hydrogens is 368 g/mol. The molecular formula is C24H26O5. The first-order valence-electron chi connectivity index (χ1n) is 9.65. The number of carbonyl (C=O) groups is 2. The van der Waals surface area contributed by atoms with Gasteiger partial charge in [-0.25, -0.2) is 4.79 Å². The van der Waals surface area contributed by atoms with Gasteiger partial charge in [-0.15, -0.1) is 0 Å². The van der Waals surface area contributed by atoms with Crippen molar-refractivity contribution in [2.45, 2.75) is 46.1 Å². The summed E-state index contributed by atoms with van der Waals surface area (Å²) in [6.07, 6.45) is 1.73. The predicted molar refractivity (Wildman–Crippen MR) is 111 cm³/mol. The third kappa shape index (κ3) is 5.25. The minimum absolute atomic E-state index is 0.174. The molecule has 0 saturated heterocycles. The Balaban J connectivity index is 1.69. The summed E-state index contributed by atoms with van der Waals surface area (Å²) in [6.45, 7) is 9.44. The zero-order valence-corrected chi connectivity index (χ0v) is 17.4. The molecule has 1 heterocycles. The Morgan fingerprint density at radius 2 is 1.79 bits per heavy atom. The van der Waals surface area contributed by atoms with Crippen LogP contribution in [-0.2, 0) is 9.53 Å². The molecule has 0 saturated carbocycles. The van der Waals surface area contributed by atoms with Crippen molar-refractivity contribution in [1.29, 1.82) is 0 Å². The molecule has 0 unspecified atom stereocenters. The SMILES string of the molecule is CC(C)c1ccc(/C=C2\Oc3cc(OCC(=O)OC(C)(C)C)ccc3C2=O)cc1. The van der Waals surface area contributed by atoms with E-state index in [4.69, 9.17) is 14.2 Å².